The predicted molar refractivity (Wildman–Crippen MR) is 82.3 cm³/mol. The molecule has 0 radical (unpaired) electrons. The number of amides is 1. The zero-order valence-electron chi connectivity index (χ0n) is 11.6. The maximum absolute atomic E-state index is 12.1. The lowest BCUT2D eigenvalue weighted by Crippen LogP contribution is -2.22. The standard InChI is InChI=1S/C15H18N2O2S/c1-3-10-6-7-20-14(10)9-17-15(18)11-4-5-12(16)13(8-11)19-2/h4-8H,3,9,16H2,1-2H3,(H,17,18). The molecule has 2 aromatic rings. The summed E-state index contributed by atoms with van der Waals surface area (Å²) >= 11 is 1.66. The first kappa shape index (κ1) is 14.4. The van der Waals surface area contributed by atoms with Gasteiger partial charge in [-0.3, -0.25) is 4.79 Å². The fourth-order valence-corrected chi connectivity index (χ4v) is 2.87. The number of methoxy groups -OCH3 is 1. The second-order valence-corrected chi connectivity index (χ2v) is 5.36. The number of benzene rings is 1. The molecule has 1 aromatic heterocycles. The Bertz CT molecular complexity index is 608. The van der Waals surface area contributed by atoms with E-state index in [9.17, 15) is 4.79 Å². The Balaban J connectivity index is 2.05. The van der Waals surface area contributed by atoms with E-state index in [1.54, 1.807) is 29.5 Å². The van der Waals surface area contributed by atoms with Gasteiger partial charge in [-0.15, -0.1) is 11.3 Å². The minimum absolute atomic E-state index is 0.126. The molecule has 0 spiro atoms. The van der Waals surface area contributed by atoms with Crippen LogP contribution < -0.4 is 15.8 Å². The van der Waals surface area contributed by atoms with E-state index in [1.165, 1.54) is 17.6 Å². The molecule has 1 aromatic carbocycles. The maximum atomic E-state index is 12.1. The van der Waals surface area contributed by atoms with Gasteiger partial charge >= 0.3 is 0 Å². The SMILES string of the molecule is CCc1ccsc1CNC(=O)c1ccc(N)c(OC)c1. The average molecular weight is 290 g/mol. The smallest absolute Gasteiger partial charge is 0.251 e. The van der Waals surface area contributed by atoms with Gasteiger partial charge in [0.1, 0.15) is 5.75 Å². The van der Waals surface area contributed by atoms with Crippen LogP contribution in [0.5, 0.6) is 5.75 Å². The number of ether oxygens (including phenoxy) is 1. The quantitative estimate of drug-likeness (QED) is 0.832. The van der Waals surface area contributed by atoms with E-state index in [0.717, 1.165) is 6.42 Å². The molecule has 20 heavy (non-hydrogen) atoms. The van der Waals surface area contributed by atoms with E-state index in [0.29, 0.717) is 23.5 Å². The van der Waals surface area contributed by atoms with Crippen molar-refractivity contribution in [2.24, 2.45) is 0 Å². The van der Waals surface area contributed by atoms with Gasteiger partial charge in [0, 0.05) is 10.4 Å². The lowest BCUT2D eigenvalue weighted by atomic mass is 10.1. The number of nitrogen functional groups attached to an aromatic ring is 1. The molecule has 4 nitrogen and oxygen atoms in total. The van der Waals surface area contributed by atoms with Crippen LogP contribution in [0.3, 0.4) is 0 Å². The minimum atomic E-state index is -0.126. The Morgan fingerprint density at radius 2 is 2.20 bits per heavy atom. The molecule has 0 aliphatic carbocycles. The molecule has 0 bridgehead atoms. The summed E-state index contributed by atoms with van der Waals surface area (Å²) in [4.78, 5) is 13.3. The fraction of sp³-hybridized carbons (Fsp3) is 0.267. The van der Waals surface area contributed by atoms with Crippen LogP contribution in [0.1, 0.15) is 27.7 Å². The lowest BCUT2D eigenvalue weighted by Gasteiger charge is -2.08. The number of aryl methyl sites for hydroxylation is 1. The molecule has 3 N–H and O–H groups in total. The highest BCUT2D eigenvalue weighted by atomic mass is 32.1. The number of anilines is 1. The number of hydrogen-bond acceptors (Lipinski definition) is 4. The third-order valence-corrected chi connectivity index (χ3v) is 4.09. The second-order valence-electron chi connectivity index (χ2n) is 4.36. The fourth-order valence-electron chi connectivity index (χ4n) is 1.95. The van der Waals surface area contributed by atoms with Gasteiger partial charge in [-0.25, -0.2) is 0 Å². The second kappa shape index (κ2) is 6.43. The van der Waals surface area contributed by atoms with Crippen molar-refractivity contribution < 1.29 is 9.53 Å². The molecule has 106 valence electrons. The Hall–Kier alpha value is -2.01. The molecule has 2 rings (SSSR count). The normalized spacial score (nSPS) is 10.3. The van der Waals surface area contributed by atoms with Crippen LogP contribution in [-0.4, -0.2) is 13.0 Å². The zero-order valence-corrected chi connectivity index (χ0v) is 12.4. The van der Waals surface area contributed by atoms with Crippen LogP contribution in [0.4, 0.5) is 5.69 Å². The van der Waals surface area contributed by atoms with Gasteiger partial charge in [0.2, 0.25) is 0 Å². The van der Waals surface area contributed by atoms with Gasteiger partial charge < -0.3 is 15.8 Å². The van der Waals surface area contributed by atoms with Crippen molar-refractivity contribution in [1.29, 1.82) is 0 Å². The lowest BCUT2D eigenvalue weighted by molar-refractivity contribution is 0.0951. The summed E-state index contributed by atoms with van der Waals surface area (Å²) < 4.78 is 5.12. The van der Waals surface area contributed by atoms with Crippen LogP contribution >= 0.6 is 11.3 Å². The van der Waals surface area contributed by atoms with E-state index >= 15 is 0 Å². The molecule has 0 saturated carbocycles. The third kappa shape index (κ3) is 3.11. The Morgan fingerprint density at radius 3 is 2.90 bits per heavy atom. The number of carbonyl (C=O) groups is 1. The molecule has 0 fully saturated rings. The van der Waals surface area contributed by atoms with Crippen molar-refractivity contribution in [3.8, 4) is 5.75 Å². The molecular weight excluding hydrogens is 272 g/mol. The zero-order chi connectivity index (χ0) is 14.5. The largest absolute Gasteiger partial charge is 0.495 e. The molecule has 0 aliphatic heterocycles. The topological polar surface area (TPSA) is 64.4 Å². The monoisotopic (exact) mass is 290 g/mol. The number of rotatable bonds is 5. The summed E-state index contributed by atoms with van der Waals surface area (Å²) in [6, 6.07) is 7.12. The minimum Gasteiger partial charge on any atom is -0.495 e. The number of carbonyl (C=O) groups excluding carboxylic acids is 1. The summed E-state index contributed by atoms with van der Waals surface area (Å²) in [6.45, 7) is 2.66. The number of hydrogen-bond donors (Lipinski definition) is 2. The summed E-state index contributed by atoms with van der Waals surface area (Å²) in [6.07, 6.45) is 0.977. The Morgan fingerprint density at radius 1 is 1.40 bits per heavy atom. The summed E-state index contributed by atoms with van der Waals surface area (Å²) in [5.41, 5.74) is 8.09. The van der Waals surface area contributed by atoms with Gasteiger partial charge in [-0.1, -0.05) is 6.92 Å². The summed E-state index contributed by atoms with van der Waals surface area (Å²) in [5.74, 6) is 0.391. The third-order valence-electron chi connectivity index (χ3n) is 3.12. The molecule has 0 unspecified atom stereocenters. The van der Waals surface area contributed by atoms with Gasteiger partial charge in [-0.05, 0) is 41.6 Å². The van der Waals surface area contributed by atoms with E-state index in [-0.39, 0.29) is 5.91 Å². The Labute approximate surface area is 122 Å². The molecule has 5 heteroatoms. The van der Waals surface area contributed by atoms with Gasteiger partial charge in [0.25, 0.3) is 5.91 Å². The predicted octanol–water partition coefficient (Wildman–Crippen LogP) is 2.83. The van der Waals surface area contributed by atoms with Gasteiger partial charge in [-0.2, -0.15) is 0 Å². The molecule has 0 atom stereocenters. The van der Waals surface area contributed by atoms with Gasteiger partial charge in [0.15, 0.2) is 0 Å². The van der Waals surface area contributed by atoms with Crippen LogP contribution in [0.25, 0.3) is 0 Å². The first-order chi connectivity index (χ1) is 9.65. The van der Waals surface area contributed by atoms with Gasteiger partial charge in [0.05, 0.1) is 19.3 Å². The molecule has 0 saturated heterocycles. The number of nitrogens with two attached hydrogens (primary N) is 1. The molecule has 1 heterocycles. The van der Waals surface area contributed by atoms with Crippen LogP contribution in [0, 0.1) is 0 Å². The first-order valence-corrected chi connectivity index (χ1v) is 7.30. The average Bonchev–Trinajstić information content (AvgIpc) is 2.92. The van der Waals surface area contributed by atoms with Crippen LogP contribution in [-0.2, 0) is 13.0 Å². The maximum Gasteiger partial charge on any atom is 0.251 e. The van der Waals surface area contributed by atoms with Crippen molar-refractivity contribution in [2.75, 3.05) is 12.8 Å². The molecule has 0 aliphatic rings. The van der Waals surface area contributed by atoms with Crippen molar-refractivity contribution in [1.82, 2.24) is 5.32 Å². The van der Waals surface area contributed by atoms with E-state index in [4.69, 9.17) is 10.5 Å². The number of nitrogens with one attached hydrogen (secondary N) is 1. The first-order valence-electron chi connectivity index (χ1n) is 6.42. The number of thiophene rings is 1. The molecular formula is C15H18N2O2S. The van der Waals surface area contributed by atoms with E-state index < -0.39 is 0 Å². The highest BCUT2D eigenvalue weighted by molar-refractivity contribution is 7.10. The van der Waals surface area contributed by atoms with Crippen molar-refractivity contribution in [3.63, 3.8) is 0 Å². The van der Waals surface area contributed by atoms with Crippen molar-refractivity contribution in [3.05, 3.63) is 45.6 Å². The van der Waals surface area contributed by atoms with Crippen molar-refractivity contribution >= 4 is 22.9 Å². The molecule has 1 amide bonds. The van der Waals surface area contributed by atoms with Crippen LogP contribution in [0.15, 0.2) is 29.6 Å². The van der Waals surface area contributed by atoms with E-state index in [1.807, 2.05) is 5.38 Å². The summed E-state index contributed by atoms with van der Waals surface area (Å²) in [5, 5.41) is 4.97. The Kier molecular flexibility index (Phi) is 4.63. The van der Waals surface area contributed by atoms with Crippen LogP contribution in [0.2, 0.25) is 0 Å². The summed E-state index contributed by atoms with van der Waals surface area (Å²) in [7, 11) is 1.53. The highest BCUT2D eigenvalue weighted by Crippen LogP contribution is 2.22. The highest BCUT2D eigenvalue weighted by Gasteiger charge is 2.10. The van der Waals surface area contributed by atoms with E-state index in [2.05, 4.69) is 18.3 Å². The van der Waals surface area contributed by atoms with Crippen molar-refractivity contribution in [2.45, 2.75) is 19.9 Å².